The highest BCUT2D eigenvalue weighted by Crippen LogP contribution is 2.20. The van der Waals surface area contributed by atoms with Crippen molar-refractivity contribution in [3.05, 3.63) is 45.5 Å². The van der Waals surface area contributed by atoms with Crippen molar-refractivity contribution in [2.75, 3.05) is 0 Å². The molecule has 0 spiro atoms. The quantitative estimate of drug-likeness (QED) is 0.728. The Hall–Kier alpha value is -1.59. The van der Waals surface area contributed by atoms with Crippen LogP contribution in [0, 0.1) is 11.7 Å². The normalized spacial score (nSPS) is 11.2. The number of imidazole rings is 1. The van der Waals surface area contributed by atoms with Crippen LogP contribution in [0.5, 0.6) is 0 Å². The van der Waals surface area contributed by atoms with E-state index in [0.717, 1.165) is 22.5 Å². The monoisotopic (exact) mass is 279 g/mol. The van der Waals surface area contributed by atoms with E-state index in [1.165, 1.54) is 0 Å². The van der Waals surface area contributed by atoms with Crippen molar-refractivity contribution in [1.29, 1.82) is 0 Å². The molecule has 92 valence electrons. The van der Waals surface area contributed by atoms with Crippen LogP contribution in [-0.2, 0) is 6.54 Å². The fourth-order valence-corrected chi connectivity index (χ4v) is 2.39. The molecule has 0 fully saturated rings. The maximum Gasteiger partial charge on any atom is 0.178 e. The number of benzene rings is 1. The van der Waals surface area contributed by atoms with Gasteiger partial charge in [0.1, 0.15) is 11.5 Å². The maximum absolute atomic E-state index is 5.95. The molecule has 2 heterocycles. The summed E-state index contributed by atoms with van der Waals surface area (Å²) < 4.78 is 7.67. The van der Waals surface area contributed by atoms with E-state index in [4.69, 9.17) is 28.3 Å². The van der Waals surface area contributed by atoms with Crippen molar-refractivity contribution in [3.8, 4) is 0 Å². The lowest BCUT2D eigenvalue weighted by molar-refractivity contribution is 0.389. The third-order valence-corrected chi connectivity index (χ3v) is 3.29. The van der Waals surface area contributed by atoms with Gasteiger partial charge in [-0.1, -0.05) is 16.8 Å². The van der Waals surface area contributed by atoms with Gasteiger partial charge in [0, 0.05) is 11.1 Å². The molecule has 2 aromatic heterocycles. The molecule has 0 amide bonds. The molecule has 0 aliphatic carbocycles. The Morgan fingerprint density at radius 3 is 3.00 bits per heavy atom. The fraction of sp³-hybridized carbons (Fsp3) is 0.167. The van der Waals surface area contributed by atoms with Gasteiger partial charge in [0.15, 0.2) is 4.77 Å². The summed E-state index contributed by atoms with van der Waals surface area (Å²) in [4.78, 5) is 3.13. The molecule has 1 N–H and O–H groups in total. The summed E-state index contributed by atoms with van der Waals surface area (Å²) in [5.74, 6) is 0.791. The van der Waals surface area contributed by atoms with E-state index in [9.17, 15) is 0 Å². The van der Waals surface area contributed by atoms with Crippen molar-refractivity contribution in [3.63, 3.8) is 0 Å². The van der Waals surface area contributed by atoms with Crippen LogP contribution in [0.15, 0.2) is 28.8 Å². The highest BCUT2D eigenvalue weighted by Gasteiger charge is 2.08. The van der Waals surface area contributed by atoms with E-state index in [1.807, 2.05) is 35.8 Å². The van der Waals surface area contributed by atoms with Gasteiger partial charge in [-0.05, 0) is 37.3 Å². The second-order valence-electron chi connectivity index (χ2n) is 4.11. The minimum absolute atomic E-state index is 0.581. The van der Waals surface area contributed by atoms with Gasteiger partial charge in [-0.2, -0.15) is 0 Å². The highest BCUT2D eigenvalue weighted by molar-refractivity contribution is 7.71. The number of aromatic amines is 1. The maximum atomic E-state index is 5.95. The Kier molecular flexibility index (Phi) is 2.72. The van der Waals surface area contributed by atoms with Gasteiger partial charge in [-0.15, -0.1) is 0 Å². The molecule has 3 aromatic rings. The average molecular weight is 280 g/mol. The Bertz CT molecular complexity index is 771. The van der Waals surface area contributed by atoms with Crippen LogP contribution in [0.4, 0.5) is 0 Å². The number of fused-ring (bicyclic) bond motifs is 1. The number of rotatable bonds is 2. The molecule has 0 bridgehead atoms. The molecule has 0 saturated carbocycles. The number of halogens is 1. The first-order valence-electron chi connectivity index (χ1n) is 5.44. The molecule has 18 heavy (non-hydrogen) atoms. The predicted octanol–water partition coefficient (Wildman–Crippen LogP) is 3.70. The number of hydrogen-bond donors (Lipinski definition) is 1. The number of hydrogen-bond acceptors (Lipinski definition) is 3. The van der Waals surface area contributed by atoms with E-state index in [2.05, 4.69) is 10.1 Å². The molecular weight excluding hydrogens is 270 g/mol. The topological polar surface area (TPSA) is 46.8 Å². The third-order valence-electron chi connectivity index (χ3n) is 2.73. The van der Waals surface area contributed by atoms with Gasteiger partial charge < -0.3 is 14.1 Å². The van der Waals surface area contributed by atoms with Crippen LogP contribution in [0.2, 0.25) is 5.02 Å². The smallest absolute Gasteiger partial charge is 0.178 e. The van der Waals surface area contributed by atoms with Crippen LogP contribution in [-0.4, -0.2) is 14.7 Å². The molecule has 6 heteroatoms. The van der Waals surface area contributed by atoms with Gasteiger partial charge in [0.25, 0.3) is 0 Å². The predicted molar refractivity (Wildman–Crippen MR) is 72.5 cm³/mol. The molecular formula is C12H10ClN3OS. The highest BCUT2D eigenvalue weighted by atomic mass is 35.5. The first kappa shape index (κ1) is 11.5. The average Bonchev–Trinajstić information content (AvgIpc) is 2.84. The van der Waals surface area contributed by atoms with Crippen molar-refractivity contribution >= 4 is 34.9 Å². The van der Waals surface area contributed by atoms with Crippen molar-refractivity contribution < 1.29 is 4.52 Å². The summed E-state index contributed by atoms with van der Waals surface area (Å²) in [6, 6.07) is 7.54. The summed E-state index contributed by atoms with van der Waals surface area (Å²) in [6.45, 7) is 2.45. The number of nitrogens with one attached hydrogen (secondary N) is 1. The van der Waals surface area contributed by atoms with Gasteiger partial charge in [0.2, 0.25) is 0 Å². The zero-order valence-corrected chi connectivity index (χ0v) is 11.2. The summed E-state index contributed by atoms with van der Waals surface area (Å²) in [6.07, 6.45) is 0. The molecule has 0 unspecified atom stereocenters. The van der Waals surface area contributed by atoms with Crippen LogP contribution in [0.25, 0.3) is 11.0 Å². The Morgan fingerprint density at radius 2 is 2.28 bits per heavy atom. The van der Waals surface area contributed by atoms with Gasteiger partial charge >= 0.3 is 0 Å². The lowest BCUT2D eigenvalue weighted by atomic mass is 10.3. The summed E-state index contributed by atoms with van der Waals surface area (Å²) in [5, 5.41) is 4.66. The molecule has 1 aromatic carbocycles. The van der Waals surface area contributed by atoms with Crippen molar-refractivity contribution in [1.82, 2.24) is 14.7 Å². The largest absolute Gasteiger partial charge is 0.361 e. The van der Waals surface area contributed by atoms with Gasteiger partial charge in [-0.3, -0.25) is 0 Å². The minimum Gasteiger partial charge on any atom is -0.361 e. The summed E-state index contributed by atoms with van der Waals surface area (Å²) >= 11 is 11.3. The van der Waals surface area contributed by atoms with Crippen LogP contribution in [0.3, 0.4) is 0 Å². The van der Waals surface area contributed by atoms with E-state index < -0.39 is 0 Å². The SMILES string of the molecule is Cc1cc(Cn2c(=S)[nH]c3cc(Cl)ccc32)no1. The number of H-pyrrole nitrogens is 1. The Morgan fingerprint density at radius 1 is 1.44 bits per heavy atom. The van der Waals surface area contributed by atoms with Gasteiger partial charge in [-0.25, -0.2) is 0 Å². The molecule has 0 aliphatic heterocycles. The van der Waals surface area contributed by atoms with E-state index >= 15 is 0 Å². The summed E-state index contributed by atoms with van der Waals surface area (Å²) in [7, 11) is 0. The minimum atomic E-state index is 0.581. The first-order chi connectivity index (χ1) is 8.63. The lowest BCUT2D eigenvalue weighted by Crippen LogP contribution is -1.99. The van der Waals surface area contributed by atoms with Gasteiger partial charge in [0.05, 0.1) is 17.6 Å². The zero-order valence-electron chi connectivity index (χ0n) is 9.61. The standard InChI is InChI=1S/C12H10ClN3OS/c1-7-4-9(15-17-7)6-16-11-3-2-8(13)5-10(11)14-12(16)18/h2-5H,6H2,1H3,(H,14,18). The van der Waals surface area contributed by atoms with E-state index in [0.29, 0.717) is 16.3 Å². The third kappa shape index (κ3) is 1.95. The molecule has 3 rings (SSSR count). The van der Waals surface area contributed by atoms with Crippen LogP contribution >= 0.6 is 23.8 Å². The fourth-order valence-electron chi connectivity index (χ4n) is 1.95. The second-order valence-corrected chi connectivity index (χ2v) is 4.93. The van der Waals surface area contributed by atoms with Crippen LogP contribution in [0.1, 0.15) is 11.5 Å². The molecule has 0 saturated heterocycles. The Labute approximate surface area is 113 Å². The van der Waals surface area contributed by atoms with Crippen LogP contribution < -0.4 is 0 Å². The summed E-state index contributed by atoms with van der Waals surface area (Å²) in [5.41, 5.74) is 2.78. The lowest BCUT2D eigenvalue weighted by Gasteiger charge is -2.00. The first-order valence-corrected chi connectivity index (χ1v) is 6.22. The molecule has 0 radical (unpaired) electrons. The number of aromatic nitrogens is 3. The van der Waals surface area contributed by atoms with E-state index in [-0.39, 0.29) is 0 Å². The number of aryl methyl sites for hydroxylation is 1. The zero-order chi connectivity index (χ0) is 12.7. The van der Waals surface area contributed by atoms with Crippen molar-refractivity contribution in [2.45, 2.75) is 13.5 Å². The number of nitrogens with zero attached hydrogens (tertiary/aromatic N) is 2. The molecule has 0 aliphatic rings. The molecule has 0 atom stereocenters. The van der Waals surface area contributed by atoms with E-state index in [1.54, 1.807) is 0 Å². The van der Waals surface area contributed by atoms with Crippen molar-refractivity contribution in [2.24, 2.45) is 0 Å². The second kappa shape index (κ2) is 4.26. The molecule has 4 nitrogen and oxygen atoms in total. The Balaban J connectivity index is 2.11.